The van der Waals surface area contributed by atoms with Crippen molar-refractivity contribution in [2.45, 2.75) is 64.4 Å². The van der Waals surface area contributed by atoms with Crippen molar-refractivity contribution in [1.29, 1.82) is 0 Å². The zero-order valence-corrected chi connectivity index (χ0v) is 20.2. The molecule has 1 aliphatic rings. The van der Waals surface area contributed by atoms with Crippen LogP contribution in [0, 0.1) is 12.8 Å². The highest BCUT2D eigenvalue weighted by Gasteiger charge is 2.39. The summed E-state index contributed by atoms with van der Waals surface area (Å²) < 4.78 is 0. The molecule has 0 spiro atoms. The Morgan fingerprint density at radius 3 is 2.58 bits per heavy atom. The van der Waals surface area contributed by atoms with Crippen molar-refractivity contribution in [3.05, 3.63) is 52.9 Å². The lowest BCUT2D eigenvalue weighted by Crippen LogP contribution is -2.33. The van der Waals surface area contributed by atoms with E-state index in [-0.39, 0.29) is 11.3 Å². The first-order chi connectivity index (χ1) is 15.5. The number of benzene rings is 1. The van der Waals surface area contributed by atoms with Crippen LogP contribution < -0.4 is 5.32 Å². The number of aromatic nitrogens is 3. The van der Waals surface area contributed by atoms with Crippen molar-refractivity contribution >= 4 is 28.9 Å². The molecule has 7 nitrogen and oxygen atoms in total. The zero-order valence-electron chi connectivity index (χ0n) is 19.4. The average molecular weight is 467 g/mol. The monoisotopic (exact) mass is 466 g/mol. The van der Waals surface area contributed by atoms with E-state index in [0.717, 1.165) is 27.4 Å². The van der Waals surface area contributed by atoms with Crippen molar-refractivity contribution in [2.24, 2.45) is 5.92 Å². The standard InChI is InChI=1S/C25H30N4O3S/c1-15-11-17(13-18(12-15)28-23-26-10-7-20(29-23)24(2,3)4)19-14-27-22(33-19)25(32)8-5-16(6-9-25)21(30)31/h7,10-14,16,32H,5-6,8-9H2,1-4H3,(H,30,31)(H,26,28,29)/t16-,25+. The van der Waals surface area contributed by atoms with E-state index in [0.29, 0.717) is 36.6 Å². The minimum Gasteiger partial charge on any atom is -0.481 e. The highest BCUT2D eigenvalue weighted by atomic mass is 32.1. The molecule has 3 aromatic rings. The summed E-state index contributed by atoms with van der Waals surface area (Å²) in [4.78, 5) is 25.7. The van der Waals surface area contributed by atoms with Gasteiger partial charge in [-0.2, -0.15) is 0 Å². The molecule has 33 heavy (non-hydrogen) atoms. The Bertz CT molecular complexity index is 1160. The minimum absolute atomic E-state index is 0.0694. The second kappa shape index (κ2) is 8.83. The van der Waals surface area contributed by atoms with E-state index in [2.05, 4.69) is 47.1 Å². The van der Waals surface area contributed by atoms with E-state index >= 15 is 0 Å². The molecule has 8 heteroatoms. The molecule has 0 unspecified atom stereocenters. The van der Waals surface area contributed by atoms with Crippen LogP contribution >= 0.6 is 11.3 Å². The Morgan fingerprint density at radius 2 is 1.91 bits per heavy atom. The molecular weight excluding hydrogens is 436 g/mol. The summed E-state index contributed by atoms with van der Waals surface area (Å²) in [5.41, 5.74) is 2.80. The van der Waals surface area contributed by atoms with Gasteiger partial charge in [-0.05, 0) is 61.9 Å². The number of hydrogen-bond acceptors (Lipinski definition) is 7. The van der Waals surface area contributed by atoms with Gasteiger partial charge in [0.25, 0.3) is 0 Å². The number of nitrogens with zero attached hydrogens (tertiary/aromatic N) is 3. The number of carboxylic acid groups (broad SMARTS) is 1. The molecule has 0 atom stereocenters. The summed E-state index contributed by atoms with van der Waals surface area (Å²) >= 11 is 1.46. The Hall–Kier alpha value is -2.84. The number of rotatable bonds is 5. The van der Waals surface area contributed by atoms with Crippen LogP contribution in [0.2, 0.25) is 0 Å². The quantitative estimate of drug-likeness (QED) is 0.461. The summed E-state index contributed by atoms with van der Waals surface area (Å²) in [7, 11) is 0. The van der Waals surface area contributed by atoms with Gasteiger partial charge in [-0.25, -0.2) is 15.0 Å². The predicted molar refractivity (Wildman–Crippen MR) is 130 cm³/mol. The van der Waals surface area contributed by atoms with Gasteiger partial charge < -0.3 is 15.5 Å². The fourth-order valence-electron chi connectivity index (χ4n) is 4.14. The van der Waals surface area contributed by atoms with Crippen LogP contribution in [0.15, 0.2) is 36.7 Å². The van der Waals surface area contributed by atoms with Gasteiger partial charge in [0.15, 0.2) is 0 Å². The van der Waals surface area contributed by atoms with Gasteiger partial charge in [0.1, 0.15) is 10.6 Å². The summed E-state index contributed by atoms with van der Waals surface area (Å²) in [6.45, 7) is 8.39. The number of carboxylic acids is 1. The molecule has 1 saturated carbocycles. The van der Waals surface area contributed by atoms with E-state index in [4.69, 9.17) is 0 Å². The van der Waals surface area contributed by atoms with Crippen LogP contribution in [0.5, 0.6) is 0 Å². The molecule has 0 aliphatic heterocycles. The fraction of sp³-hybridized carbons (Fsp3) is 0.440. The van der Waals surface area contributed by atoms with E-state index in [9.17, 15) is 15.0 Å². The third-order valence-electron chi connectivity index (χ3n) is 6.11. The van der Waals surface area contributed by atoms with Gasteiger partial charge in [-0.15, -0.1) is 11.3 Å². The molecule has 2 aromatic heterocycles. The molecule has 0 bridgehead atoms. The van der Waals surface area contributed by atoms with Gasteiger partial charge in [-0.3, -0.25) is 4.79 Å². The molecule has 1 aromatic carbocycles. The second-order valence-corrected chi connectivity index (χ2v) is 10.9. The topological polar surface area (TPSA) is 108 Å². The first-order valence-electron chi connectivity index (χ1n) is 11.2. The Balaban J connectivity index is 1.56. The lowest BCUT2D eigenvalue weighted by atomic mass is 9.79. The summed E-state index contributed by atoms with van der Waals surface area (Å²) in [6.07, 6.45) is 5.32. The number of anilines is 2. The number of aliphatic carboxylic acids is 1. The van der Waals surface area contributed by atoms with Crippen molar-refractivity contribution in [3.63, 3.8) is 0 Å². The van der Waals surface area contributed by atoms with Crippen LogP contribution in [0.1, 0.15) is 62.7 Å². The summed E-state index contributed by atoms with van der Waals surface area (Å²) in [5, 5.41) is 24.3. The third-order valence-corrected chi connectivity index (χ3v) is 7.35. The van der Waals surface area contributed by atoms with Crippen molar-refractivity contribution in [1.82, 2.24) is 15.0 Å². The molecule has 3 N–H and O–H groups in total. The zero-order chi connectivity index (χ0) is 23.8. The Morgan fingerprint density at radius 1 is 1.18 bits per heavy atom. The maximum absolute atomic E-state index is 11.2. The van der Waals surface area contributed by atoms with Crippen LogP contribution in [0.25, 0.3) is 10.4 Å². The maximum atomic E-state index is 11.2. The van der Waals surface area contributed by atoms with E-state index in [1.807, 2.05) is 25.1 Å². The normalized spacial score (nSPS) is 21.1. The third kappa shape index (κ3) is 5.23. The molecule has 0 saturated heterocycles. The number of hydrogen-bond donors (Lipinski definition) is 3. The molecule has 0 amide bonds. The smallest absolute Gasteiger partial charge is 0.306 e. The SMILES string of the molecule is Cc1cc(Nc2nccc(C(C)(C)C)n2)cc(-c2cnc([C@]3(O)CC[C@@H](C(=O)O)CC3)s2)c1. The maximum Gasteiger partial charge on any atom is 0.306 e. The van der Waals surface area contributed by atoms with Gasteiger partial charge in [-0.1, -0.05) is 26.8 Å². The van der Waals surface area contributed by atoms with Crippen molar-refractivity contribution in [3.8, 4) is 10.4 Å². The average Bonchev–Trinajstić information content (AvgIpc) is 3.25. The Labute approximate surface area is 198 Å². The Kier molecular flexibility index (Phi) is 6.24. The first-order valence-corrected chi connectivity index (χ1v) is 12.0. The van der Waals surface area contributed by atoms with Gasteiger partial charge in [0.2, 0.25) is 5.95 Å². The van der Waals surface area contributed by atoms with Gasteiger partial charge >= 0.3 is 5.97 Å². The number of thiazole rings is 1. The van der Waals surface area contributed by atoms with Gasteiger partial charge in [0, 0.05) is 23.5 Å². The summed E-state index contributed by atoms with van der Waals surface area (Å²) in [5.74, 6) is -0.615. The van der Waals surface area contributed by atoms with Gasteiger partial charge in [0.05, 0.1) is 16.5 Å². The van der Waals surface area contributed by atoms with Crippen molar-refractivity contribution in [2.75, 3.05) is 5.32 Å². The fourth-order valence-corrected chi connectivity index (χ4v) is 5.19. The molecule has 2 heterocycles. The van der Waals surface area contributed by atoms with Crippen LogP contribution in [0.3, 0.4) is 0 Å². The van der Waals surface area contributed by atoms with Crippen molar-refractivity contribution < 1.29 is 15.0 Å². The number of carbonyl (C=O) groups is 1. The molecule has 1 aliphatic carbocycles. The predicted octanol–water partition coefficient (Wildman–Crippen LogP) is 5.41. The van der Waals surface area contributed by atoms with E-state index in [1.165, 1.54) is 11.3 Å². The first kappa shape index (κ1) is 23.3. The highest BCUT2D eigenvalue weighted by Crippen LogP contribution is 2.43. The number of nitrogens with one attached hydrogen (secondary N) is 1. The molecule has 174 valence electrons. The largest absolute Gasteiger partial charge is 0.481 e. The second-order valence-electron chi connectivity index (χ2n) is 9.90. The molecular formula is C25H30N4O3S. The number of aryl methyl sites for hydroxylation is 1. The molecule has 0 radical (unpaired) electrons. The molecule has 1 fully saturated rings. The number of aliphatic hydroxyl groups is 1. The van der Waals surface area contributed by atoms with Crippen LogP contribution in [-0.2, 0) is 15.8 Å². The lowest BCUT2D eigenvalue weighted by molar-refractivity contribution is -0.145. The van der Waals surface area contributed by atoms with E-state index < -0.39 is 11.6 Å². The molecule has 4 rings (SSSR count). The summed E-state index contributed by atoms with van der Waals surface area (Å²) in [6, 6.07) is 8.09. The van der Waals surface area contributed by atoms with Crippen LogP contribution in [-0.4, -0.2) is 31.1 Å². The lowest BCUT2D eigenvalue weighted by Gasteiger charge is -2.32. The highest BCUT2D eigenvalue weighted by molar-refractivity contribution is 7.15. The minimum atomic E-state index is -1.05. The van der Waals surface area contributed by atoms with E-state index in [1.54, 1.807) is 12.4 Å². The van der Waals surface area contributed by atoms with Crippen LogP contribution in [0.4, 0.5) is 11.6 Å².